The van der Waals surface area contributed by atoms with Crippen molar-refractivity contribution >= 4 is 11.7 Å². The predicted octanol–water partition coefficient (Wildman–Crippen LogP) is 4.63. The molecule has 0 unspecified atom stereocenters. The van der Waals surface area contributed by atoms with E-state index in [0.717, 1.165) is 44.5 Å². The van der Waals surface area contributed by atoms with Crippen LogP contribution in [0.3, 0.4) is 0 Å². The number of ether oxygens (including phenoxy) is 1. The number of nitrogens with zero attached hydrogens (tertiary/aromatic N) is 2. The maximum absolute atomic E-state index is 13.0. The van der Waals surface area contributed by atoms with Crippen LogP contribution in [0.5, 0.6) is 5.75 Å². The summed E-state index contributed by atoms with van der Waals surface area (Å²) in [7, 11) is 0. The van der Waals surface area contributed by atoms with Crippen LogP contribution in [-0.4, -0.2) is 41.6 Å². The van der Waals surface area contributed by atoms with Gasteiger partial charge < -0.3 is 20.3 Å². The molecule has 4 rings (SSSR count). The number of urea groups is 1. The van der Waals surface area contributed by atoms with E-state index in [0.29, 0.717) is 18.0 Å². The number of rotatable bonds is 8. The normalized spacial score (nSPS) is 14.6. The molecule has 1 aliphatic heterocycles. The molecule has 1 fully saturated rings. The van der Waals surface area contributed by atoms with Gasteiger partial charge in [-0.05, 0) is 66.8 Å². The zero-order valence-electron chi connectivity index (χ0n) is 18.5. The summed E-state index contributed by atoms with van der Waals surface area (Å²) in [5, 5.41) is 5.98. The summed E-state index contributed by atoms with van der Waals surface area (Å²) in [6, 6.07) is 17.5. The van der Waals surface area contributed by atoms with Gasteiger partial charge in [-0.3, -0.25) is 4.98 Å². The molecule has 0 saturated carbocycles. The average molecular weight is 449 g/mol. The average Bonchev–Trinajstić information content (AvgIpc) is 2.84. The van der Waals surface area contributed by atoms with Crippen LogP contribution in [0.1, 0.15) is 24.0 Å². The number of hydrogen-bond acceptors (Lipinski definition) is 4. The highest BCUT2D eigenvalue weighted by Gasteiger charge is 2.20. The molecule has 2 N–H and O–H groups in total. The van der Waals surface area contributed by atoms with E-state index in [-0.39, 0.29) is 17.9 Å². The number of carbonyl (C=O) groups is 1. The zero-order valence-corrected chi connectivity index (χ0v) is 18.5. The Bertz CT molecular complexity index is 1020. The van der Waals surface area contributed by atoms with Gasteiger partial charge in [0, 0.05) is 49.8 Å². The van der Waals surface area contributed by atoms with Gasteiger partial charge in [-0.2, -0.15) is 0 Å². The van der Waals surface area contributed by atoms with E-state index in [1.807, 2.05) is 30.6 Å². The highest BCUT2D eigenvalue weighted by Crippen LogP contribution is 2.19. The fourth-order valence-corrected chi connectivity index (χ4v) is 3.90. The molecule has 0 bridgehead atoms. The number of likely N-dealkylation sites (tertiary alicyclic amines) is 1. The van der Waals surface area contributed by atoms with E-state index in [4.69, 9.17) is 4.74 Å². The third-order valence-corrected chi connectivity index (χ3v) is 5.80. The van der Waals surface area contributed by atoms with Crippen molar-refractivity contribution in [2.45, 2.75) is 31.9 Å². The van der Waals surface area contributed by atoms with E-state index in [9.17, 15) is 9.18 Å². The first-order chi connectivity index (χ1) is 16.1. The summed E-state index contributed by atoms with van der Waals surface area (Å²) in [5.41, 5.74) is 2.84. The standard InChI is InChI=1S/C26H29FN4O2/c27-22-6-4-21(5-7-22)19-33-25-3-1-2-24(18-25)30-26(32)29-23-11-16-31(17-12-23)15-10-20-8-13-28-14-9-20/h1-9,13-14,18,23H,10-12,15-17,19H2,(H2,29,30,32). The van der Waals surface area contributed by atoms with E-state index in [1.165, 1.54) is 17.7 Å². The lowest BCUT2D eigenvalue weighted by molar-refractivity contribution is 0.197. The van der Waals surface area contributed by atoms with Crippen LogP contribution in [0.15, 0.2) is 73.1 Å². The highest BCUT2D eigenvalue weighted by atomic mass is 19.1. The molecule has 1 saturated heterocycles. The summed E-state index contributed by atoms with van der Waals surface area (Å²) in [6.45, 7) is 3.30. The molecule has 0 atom stereocenters. The molecule has 7 heteroatoms. The fraction of sp³-hybridized carbons (Fsp3) is 0.308. The van der Waals surface area contributed by atoms with Crippen molar-refractivity contribution < 1.29 is 13.9 Å². The zero-order chi connectivity index (χ0) is 22.9. The van der Waals surface area contributed by atoms with Crippen LogP contribution in [0, 0.1) is 5.82 Å². The van der Waals surface area contributed by atoms with E-state index in [1.54, 1.807) is 18.2 Å². The van der Waals surface area contributed by atoms with Crippen LogP contribution >= 0.6 is 0 Å². The van der Waals surface area contributed by atoms with Crippen molar-refractivity contribution in [3.8, 4) is 5.75 Å². The summed E-state index contributed by atoms with van der Waals surface area (Å²) >= 11 is 0. The summed E-state index contributed by atoms with van der Waals surface area (Å²) in [4.78, 5) is 19.0. The third-order valence-electron chi connectivity index (χ3n) is 5.80. The Hall–Kier alpha value is -3.45. The Balaban J connectivity index is 1.18. The molecule has 1 aromatic heterocycles. The fourth-order valence-electron chi connectivity index (χ4n) is 3.90. The molecule has 172 valence electrons. The first-order valence-electron chi connectivity index (χ1n) is 11.3. The smallest absolute Gasteiger partial charge is 0.319 e. The third kappa shape index (κ3) is 7.29. The molecule has 3 aromatic rings. The number of hydrogen-bond donors (Lipinski definition) is 2. The van der Waals surface area contributed by atoms with Crippen LogP contribution in [0.25, 0.3) is 0 Å². The van der Waals surface area contributed by atoms with Crippen LogP contribution in [0.2, 0.25) is 0 Å². The van der Waals surface area contributed by atoms with E-state index >= 15 is 0 Å². The second-order valence-electron chi connectivity index (χ2n) is 8.26. The molecular weight excluding hydrogens is 419 g/mol. The minimum atomic E-state index is -0.272. The van der Waals surface area contributed by atoms with Gasteiger partial charge in [-0.15, -0.1) is 0 Å². The summed E-state index contributed by atoms with van der Waals surface area (Å²) in [5.74, 6) is 0.367. The maximum Gasteiger partial charge on any atom is 0.319 e. The molecule has 33 heavy (non-hydrogen) atoms. The largest absolute Gasteiger partial charge is 0.489 e. The van der Waals surface area contributed by atoms with Gasteiger partial charge in [0.25, 0.3) is 0 Å². The Morgan fingerprint density at radius 2 is 1.79 bits per heavy atom. The molecule has 2 aromatic carbocycles. The number of benzene rings is 2. The predicted molar refractivity (Wildman–Crippen MR) is 127 cm³/mol. The number of halogens is 1. The van der Waals surface area contributed by atoms with Crippen LogP contribution in [0.4, 0.5) is 14.9 Å². The highest BCUT2D eigenvalue weighted by molar-refractivity contribution is 5.89. The molecule has 2 heterocycles. The lowest BCUT2D eigenvalue weighted by atomic mass is 10.0. The van der Waals surface area contributed by atoms with Gasteiger partial charge >= 0.3 is 6.03 Å². The van der Waals surface area contributed by atoms with Gasteiger partial charge in [0.2, 0.25) is 0 Å². The summed E-state index contributed by atoms with van der Waals surface area (Å²) in [6.07, 6.45) is 6.55. The SMILES string of the molecule is O=C(Nc1cccc(OCc2ccc(F)cc2)c1)NC1CCN(CCc2ccncc2)CC1. The van der Waals surface area contributed by atoms with E-state index < -0.39 is 0 Å². The Morgan fingerprint density at radius 3 is 2.55 bits per heavy atom. The van der Waals surface area contributed by atoms with Gasteiger partial charge in [0.05, 0.1) is 0 Å². The van der Waals surface area contributed by atoms with Crippen molar-refractivity contribution in [2.75, 3.05) is 25.0 Å². The first-order valence-corrected chi connectivity index (χ1v) is 11.3. The van der Waals surface area contributed by atoms with Gasteiger partial charge in [-0.25, -0.2) is 9.18 Å². The Labute approximate surface area is 193 Å². The quantitative estimate of drug-likeness (QED) is 0.527. The van der Waals surface area contributed by atoms with Crippen LogP contribution < -0.4 is 15.4 Å². The first kappa shape index (κ1) is 22.7. The molecular formula is C26H29FN4O2. The van der Waals surface area contributed by atoms with Crippen LogP contribution in [-0.2, 0) is 13.0 Å². The van der Waals surface area contributed by atoms with Crippen molar-refractivity contribution in [3.63, 3.8) is 0 Å². The second-order valence-corrected chi connectivity index (χ2v) is 8.26. The number of pyridine rings is 1. The molecule has 6 nitrogen and oxygen atoms in total. The number of piperidine rings is 1. The second kappa shape index (κ2) is 11.4. The minimum absolute atomic E-state index is 0.167. The Kier molecular flexibility index (Phi) is 7.87. The number of carbonyl (C=O) groups excluding carboxylic acids is 1. The topological polar surface area (TPSA) is 66.5 Å². The number of anilines is 1. The van der Waals surface area contributed by atoms with Gasteiger partial charge in [0.15, 0.2) is 0 Å². The van der Waals surface area contributed by atoms with Gasteiger partial charge in [0.1, 0.15) is 18.2 Å². The minimum Gasteiger partial charge on any atom is -0.489 e. The maximum atomic E-state index is 13.0. The molecule has 0 radical (unpaired) electrons. The summed E-state index contributed by atoms with van der Waals surface area (Å²) < 4.78 is 18.8. The molecule has 2 amide bonds. The van der Waals surface area contributed by atoms with Crippen molar-refractivity contribution in [1.29, 1.82) is 0 Å². The lowest BCUT2D eigenvalue weighted by Crippen LogP contribution is -2.46. The Morgan fingerprint density at radius 1 is 1.03 bits per heavy atom. The molecule has 0 spiro atoms. The molecule has 1 aliphatic rings. The van der Waals surface area contributed by atoms with E-state index in [2.05, 4.69) is 32.7 Å². The van der Waals surface area contributed by atoms with Crippen molar-refractivity contribution in [3.05, 3.63) is 90.0 Å². The monoisotopic (exact) mass is 448 g/mol. The lowest BCUT2D eigenvalue weighted by Gasteiger charge is -2.32. The number of nitrogens with one attached hydrogen (secondary N) is 2. The number of amides is 2. The number of aromatic nitrogens is 1. The van der Waals surface area contributed by atoms with Crippen molar-refractivity contribution in [1.82, 2.24) is 15.2 Å². The van der Waals surface area contributed by atoms with Gasteiger partial charge in [-0.1, -0.05) is 18.2 Å². The molecule has 0 aliphatic carbocycles. The van der Waals surface area contributed by atoms with Crippen molar-refractivity contribution in [2.24, 2.45) is 0 Å².